The van der Waals surface area contributed by atoms with E-state index in [1.54, 1.807) is 31.7 Å². The fourth-order valence-electron chi connectivity index (χ4n) is 5.41. The number of unbranched alkanes of at least 4 members (excludes halogenated alkanes) is 3. The Balaban J connectivity index is 1.56. The number of nitriles is 1. The van der Waals surface area contributed by atoms with Crippen LogP contribution in [0.25, 0.3) is 0 Å². The molecule has 2 aliphatic rings. The van der Waals surface area contributed by atoms with Crippen molar-refractivity contribution in [1.29, 1.82) is 5.26 Å². The molecule has 2 amide bonds. The number of alkyl halides is 3. The maximum atomic E-state index is 13.5. The van der Waals surface area contributed by atoms with Crippen LogP contribution in [0, 0.1) is 11.3 Å². The van der Waals surface area contributed by atoms with E-state index in [0.29, 0.717) is 18.6 Å². The third-order valence-electron chi connectivity index (χ3n) is 7.61. The first kappa shape index (κ1) is 29.8. The minimum absolute atomic E-state index is 0.00927. The normalized spacial score (nSPS) is 22.2. The van der Waals surface area contributed by atoms with E-state index in [0.717, 1.165) is 62.4 Å². The molecule has 38 heavy (non-hydrogen) atoms. The summed E-state index contributed by atoms with van der Waals surface area (Å²) in [6.07, 6.45) is -1.00. The van der Waals surface area contributed by atoms with E-state index in [-0.39, 0.29) is 16.7 Å². The molecule has 0 saturated carbocycles. The van der Waals surface area contributed by atoms with Crippen molar-refractivity contribution >= 4 is 34.8 Å². The Hall–Kier alpha value is -2.71. The third-order valence-corrected chi connectivity index (χ3v) is 8.01. The Morgan fingerprint density at radius 3 is 2.21 bits per heavy atom. The fourth-order valence-corrected chi connectivity index (χ4v) is 5.92. The van der Waals surface area contributed by atoms with Crippen LogP contribution in [0.1, 0.15) is 71.4 Å². The quantitative estimate of drug-likeness (QED) is 0.342. The van der Waals surface area contributed by atoms with Gasteiger partial charge in [-0.2, -0.15) is 18.4 Å². The summed E-state index contributed by atoms with van der Waals surface area (Å²) in [6.45, 7) is 12.3. The third kappa shape index (κ3) is 6.12. The first-order valence-corrected chi connectivity index (χ1v) is 13.4. The van der Waals surface area contributed by atoms with Gasteiger partial charge in [-0.05, 0) is 77.5 Å². The number of thiocarbonyl (C=S) groups is 1. The van der Waals surface area contributed by atoms with Crippen molar-refractivity contribution in [2.75, 3.05) is 31.1 Å². The smallest absolute Gasteiger partial charge is 0.340 e. The van der Waals surface area contributed by atoms with Crippen LogP contribution >= 0.6 is 12.2 Å². The van der Waals surface area contributed by atoms with Crippen molar-refractivity contribution < 1.29 is 22.8 Å². The highest BCUT2D eigenvalue weighted by Gasteiger charge is 2.49. The van der Waals surface area contributed by atoms with Gasteiger partial charge in [0.2, 0.25) is 5.91 Å². The van der Waals surface area contributed by atoms with Crippen molar-refractivity contribution in [2.45, 2.75) is 84.1 Å². The predicted molar refractivity (Wildman–Crippen MR) is 143 cm³/mol. The van der Waals surface area contributed by atoms with E-state index in [1.165, 1.54) is 6.07 Å². The van der Waals surface area contributed by atoms with Crippen molar-refractivity contribution in [3.63, 3.8) is 0 Å². The molecule has 208 valence electrons. The lowest BCUT2D eigenvalue weighted by Gasteiger charge is -2.44. The van der Waals surface area contributed by atoms with Crippen LogP contribution < -0.4 is 4.90 Å². The molecular formula is C27H36F3N5O2S. The minimum Gasteiger partial charge on any atom is -0.340 e. The van der Waals surface area contributed by atoms with Gasteiger partial charge in [0.1, 0.15) is 5.54 Å². The molecule has 0 unspecified atom stereocenters. The van der Waals surface area contributed by atoms with E-state index in [1.807, 2.05) is 4.90 Å². The molecule has 2 atom stereocenters. The van der Waals surface area contributed by atoms with E-state index < -0.39 is 28.7 Å². The monoisotopic (exact) mass is 551 g/mol. The molecule has 2 heterocycles. The molecule has 0 aliphatic carbocycles. The van der Waals surface area contributed by atoms with Crippen LogP contribution in [0.3, 0.4) is 0 Å². The highest BCUT2D eigenvalue weighted by molar-refractivity contribution is 7.80. The molecule has 2 saturated heterocycles. The highest BCUT2D eigenvalue weighted by Crippen LogP contribution is 2.38. The van der Waals surface area contributed by atoms with Crippen LogP contribution in [0.5, 0.6) is 0 Å². The van der Waals surface area contributed by atoms with Crippen molar-refractivity contribution in [2.24, 2.45) is 0 Å². The van der Waals surface area contributed by atoms with Gasteiger partial charge < -0.3 is 9.80 Å². The SMILES string of the molecule is CC(=O)N1C[C@@H](C)N(CCCCCCN2C(=S)N(c3ccc(C#N)c(C(F)(F)F)c3)C(=O)C2(C)C)[C@@H](C)C1. The van der Waals surface area contributed by atoms with Gasteiger partial charge in [0.25, 0.3) is 5.91 Å². The average Bonchev–Trinajstić information content (AvgIpc) is 3.00. The highest BCUT2D eigenvalue weighted by atomic mass is 32.1. The molecule has 2 aliphatic heterocycles. The molecular weight excluding hydrogens is 515 g/mol. The van der Waals surface area contributed by atoms with Gasteiger partial charge in [0, 0.05) is 38.6 Å². The Morgan fingerprint density at radius 2 is 1.68 bits per heavy atom. The second kappa shape index (κ2) is 11.6. The first-order chi connectivity index (χ1) is 17.7. The average molecular weight is 552 g/mol. The van der Waals surface area contributed by atoms with Gasteiger partial charge in [0.15, 0.2) is 5.11 Å². The topological polar surface area (TPSA) is 70.9 Å². The van der Waals surface area contributed by atoms with E-state index in [9.17, 15) is 22.8 Å². The summed E-state index contributed by atoms with van der Waals surface area (Å²) in [6, 6.07) is 5.40. The fraction of sp³-hybridized carbons (Fsp3) is 0.630. The molecule has 7 nitrogen and oxygen atoms in total. The Kier molecular flexibility index (Phi) is 9.09. The lowest BCUT2D eigenvalue weighted by Crippen LogP contribution is -2.57. The number of hydrogen-bond donors (Lipinski definition) is 0. The zero-order valence-corrected chi connectivity index (χ0v) is 23.5. The first-order valence-electron chi connectivity index (χ1n) is 13.0. The van der Waals surface area contributed by atoms with Gasteiger partial charge in [0.05, 0.1) is 22.9 Å². The maximum absolute atomic E-state index is 13.5. The number of hydrogen-bond acceptors (Lipinski definition) is 5. The molecule has 3 rings (SSSR count). The molecule has 2 fully saturated rings. The molecule has 0 bridgehead atoms. The number of anilines is 1. The molecule has 0 aromatic heterocycles. The number of benzene rings is 1. The maximum Gasteiger partial charge on any atom is 0.417 e. The van der Waals surface area contributed by atoms with Gasteiger partial charge in [-0.15, -0.1) is 0 Å². The second-order valence-electron chi connectivity index (χ2n) is 10.7. The summed E-state index contributed by atoms with van der Waals surface area (Å²) in [7, 11) is 0. The molecule has 0 N–H and O–H groups in total. The Morgan fingerprint density at radius 1 is 1.11 bits per heavy atom. The summed E-state index contributed by atoms with van der Waals surface area (Å²) in [5.74, 6) is -0.281. The molecule has 0 spiro atoms. The van der Waals surface area contributed by atoms with Crippen LogP contribution in [0.4, 0.5) is 18.9 Å². The summed E-state index contributed by atoms with van der Waals surface area (Å²) >= 11 is 5.56. The molecule has 11 heteroatoms. The van der Waals surface area contributed by atoms with Crippen LogP contribution in [-0.4, -0.2) is 75.4 Å². The lowest BCUT2D eigenvalue weighted by molar-refractivity contribution is -0.138. The van der Waals surface area contributed by atoms with Crippen LogP contribution in [0.15, 0.2) is 18.2 Å². The van der Waals surface area contributed by atoms with E-state index in [4.69, 9.17) is 17.5 Å². The van der Waals surface area contributed by atoms with Gasteiger partial charge in [-0.25, -0.2) is 0 Å². The van der Waals surface area contributed by atoms with E-state index >= 15 is 0 Å². The number of halogens is 3. The number of carbonyl (C=O) groups excluding carboxylic acids is 2. The lowest BCUT2D eigenvalue weighted by atomic mass is 10.0. The second-order valence-corrected chi connectivity index (χ2v) is 11.1. The largest absolute Gasteiger partial charge is 0.417 e. The van der Waals surface area contributed by atoms with Crippen molar-refractivity contribution in [3.8, 4) is 6.07 Å². The molecule has 1 aromatic carbocycles. The zero-order valence-electron chi connectivity index (χ0n) is 22.6. The summed E-state index contributed by atoms with van der Waals surface area (Å²) in [5, 5.41) is 9.24. The van der Waals surface area contributed by atoms with Crippen LogP contribution in [-0.2, 0) is 15.8 Å². The minimum atomic E-state index is -4.72. The summed E-state index contributed by atoms with van der Waals surface area (Å²) < 4.78 is 40.5. The number of piperazine rings is 1. The zero-order chi connectivity index (χ0) is 28.4. The van der Waals surface area contributed by atoms with Crippen molar-refractivity contribution in [3.05, 3.63) is 29.3 Å². The standard InChI is InChI=1S/C27H36F3N5O2S/c1-18-16-32(20(3)36)17-19(2)33(18)12-8-6-7-9-13-34-25(38)35(24(37)26(34,4)5)22-11-10-21(15-31)23(14-22)27(28,29)30/h10-11,14,18-19H,6-9,12-13,16-17H2,1-5H3/t18-,19+. The molecule has 1 aromatic rings. The number of nitrogens with zero attached hydrogens (tertiary/aromatic N) is 5. The number of rotatable bonds is 8. The molecule has 0 radical (unpaired) electrons. The van der Waals surface area contributed by atoms with Crippen LogP contribution in [0.2, 0.25) is 0 Å². The van der Waals surface area contributed by atoms with Gasteiger partial charge >= 0.3 is 6.18 Å². The van der Waals surface area contributed by atoms with Gasteiger partial charge in [-0.3, -0.25) is 19.4 Å². The summed E-state index contributed by atoms with van der Waals surface area (Å²) in [5.41, 5.74) is -2.57. The summed E-state index contributed by atoms with van der Waals surface area (Å²) in [4.78, 5) is 32.2. The Labute approximate surface area is 228 Å². The number of amides is 2. The van der Waals surface area contributed by atoms with E-state index in [2.05, 4.69) is 18.7 Å². The van der Waals surface area contributed by atoms with Crippen molar-refractivity contribution in [1.82, 2.24) is 14.7 Å². The Bertz CT molecular complexity index is 1100. The number of carbonyl (C=O) groups is 2. The predicted octanol–water partition coefficient (Wildman–Crippen LogP) is 4.79. The van der Waals surface area contributed by atoms with Gasteiger partial charge in [-0.1, -0.05) is 12.8 Å².